The van der Waals surface area contributed by atoms with Crippen molar-refractivity contribution in [2.45, 2.75) is 6.92 Å². The summed E-state index contributed by atoms with van der Waals surface area (Å²) in [6.45, 7) is 1.59. The molecule has 2 aromatic rings. The normalized spacial score (nSPS) is 9.91. The first-order chi connectivity index (χ1) is 10.5. The lowest BCUT2D eigenvalue weighted by Crippen LogP contribution is -2.21. The van der Waals surface area contributed by atoms with E-state index in [4.69, 9.17) is 11.6 Å². The van der Waals surface area contributed by atoms with E-state index in [0.29, 0.717) is 16.4 Å². The van der Waals surface area contributed by atoms with Crippen molar-refractivity contribution in [3.8, 4) is 0 Å². The quantitative estimate of drug-likeness (QED) is 0.792. The first-order valence-electron chi connectivity index (χ1n) is 6.70. The van der Waals surface area contributed by atoms with E-state index in [-0.39, 0.29) is 18.4 Å². The molecule has 0 bridgehead atoms. The summed E-state index contributed by atoms with van der Waals surface area (Å²) < 4.78 is 0. The van der Waals surface area contributed by atoms with Gasteiger partial charge in [-0.3, -0.25) is 9.59 Å². The SMILES string of the molecule is CC(=O)Nc1ccc(NCC(=O)Nc2ccc(Cl)cc2)cc1. The van der Waals surface area contributed by atoms with E-state index in [1.54, 1.807) is 48.5 Å². The van der Waals surface area contributed by atoms with Crippen molar-refractivity contribution in [1.82, 2.24) is 0 Å². The van der Waals surface area contributed by atoms with Crippen LogP contribution in [0.4, 0.5) is 17.1 Å². The van der Waals surface area contributed by atoms with Crippen LogP contribution in [-0.4, -0.2) is 18.4 Å². The van der Waals surface area contributed by atoms with Gasteiger partial charge in [0.25, 0.3) is 0 Å². The third-order valence-electron chi connectivity index (χ3n) is 2.79. The molecule has 0 heterocycles. The molecule has 0 aromatic heterocycles. The van der Waals surface area contributed by atoms with Gasteiger partial charge in [-0.25, -0.2) is 0 Å². The Morgan fingerprint density at radius 1 is 0.864 bits per heavy atom. The minimum atomic E-state index is -0.159. The molecule has 0 saturated heterocycles. The third kappa shape index (κ3) is 5.10. The number of benzene rings is 2. The molecule has 22 heavy (non-hydrogen) atoms. The van der Waals surface area contributed by atoms with Gasteiger partial charge in [-0.05, 0) is 48.5 Å². The van der Waals surface area contributed by atoms with Crippen molar-refractivity contribution in [2.24, 2.45) is 0 Å². The Morgan fingerprint density at radius 2 is 1.36 bits per heavy atom. The minimum absolute atomic E-state index is 0.122. The van der Waals surface area contributed by atoms with Gasteiger partial charge in [-0.15, -0.1) is 0 Å². The van der Waals surface area contributed by atoms with Crippen LogP contribution in [0.3, 0.4) is 0 Å². The van der Waals surface area contributed by atoms with Gasteiger partial charge in [-0.1, -0.05) is 11.6 Å². The molecule has 0 unspecified atom stereocenters. The average Bonchev–Trinajstić information content (AvgIpc) is 2.48. The zero-order valence-corrected chi connectivity index (χ0v) is 12.8. The van der Waals surface area contributed by atoms with Gasteiger partial charge in [0.05, 0.1) is 6.54 Å². The van der Waals surface area contributed by atoms with Crippen molar-refractivity contribution in [3.05, 3.63) is 53.6 Å². The van der Waals surface area contributed by atoms with Crippen molar-refractivity contribution in [3.63, 3.8) is 0 Å². The molecule has 2 rings (SSSR count). The van der Waals surface area contributed by atoms with E-state index in [1.165, 1.54) is 6.92 Å². The van der Waals surface area contributed by atoms with Crippen LogP contribution in [0.25, 0.3) is 0 Å². The van der Waals surface area contributed by atoms with Crippen LogP contribution < -0.4 is 16.0 Å². The molecule has 0 spiro atoms. The fourth-order valence-electron chi connectivity index (χ4n) is 1.80. The number of carbonyl (C=O) groups is 2. The first kappa shape index (κ1) is 15.9. The van der Waals surface area contributed by atoms with Gasteiger partial charge in [-0.2, -0.15) is 0 Å². The van der Waals surface area contributed by atoms with Gasteiger partial charge in [0.2, 0.25) is 11.8 Å². The molecule has 0 aliphatic rings. The molecule has 0 aliphatic carbocycles. The molecule has 114 valence electrons. The Hall–Kier alpha value is -2.53. The zero-order valence-electron chi connectivity index (χ0n) is 12.0. The molecule has 0 saturated carbocycles. The largest absolute Gasteiger partial charge is 0.376 e. The summed E-state index contributed by atoms with van der Waals surface area (Å²) in [5.41, 5.74) is 2.20. The highest BCUT2D eigenvalue weighted by Gasteiger charge is 2.02. The second-order valence-corrected chi connectivity index (χ2v) is 5.10. The van der Waals surface area contributed by atoms with Gasteiger partial charge >= 0.3 is 0 Å². The van der Waals surface area contributed by atoms with Crippen LogP contribution in [0, 0.1) is 0 Å². The van der Waals surface area contributed by atoms with E-state index in [2.05, 4.69) is 16.0 Å². The molecule has 5 nitrogen and oxygen atoms in total. The summed E-state index contributed by atoms with van der Waals surface area (Å²) >= 11 is 5.78. The molecule has 6 heteroatoms. The topological polar surface area (TPSA) is 70.2 Å². The van der Waals surface area contributed by atoms with Crippen LogP contribution >= 0.6 is 11.6 Å². The first-order valence-corrected chi connectivity index (χ1v) is 7.08. The van der Waals surface area contributed by atoms with E-state index in [0.717, 1.165) is 5.69 Å². The smallest absolute Gasteiger partial charge is 0.243 e. The van der Waals surface area contributed by atoms with Gasteiger partial charge in [0.1, 0.15) is 0 Å². The molecule has 2 aromatic carbocycles. The summed E-state index contributed by atoms with van der Waals surface area (Å²) in [4.78, 5) is 22.7. The lowest BCUT2D eigenvalue weighted by molar-refractivity contribution is -0.115. The fourth-order valence-corrected chi connectivity index (χ4v) is 1.92. The van der Waals surface area contributed by atoms with E-state index >= 15 is 0 Å². The third-order valence-corrected chi connectivity index (χ3v) is 3.04. The number of carbonyl (C=O) groups excluding carboxylic acids is 2. The van der Waals surface area contributed by atoms with E-state index < -0.39 is 0 Å². The standard InChI is InChI=1S/C16H16ClN3O2/c1-11(21)19-14-8-6-13(7-9-14)18-10-16(22)20-15-4-2-12(17)3-5-15/h2-9,18H,10H2,1H3,(H,19,21)(H,20,22). The molecule has 0 fully saturated rings. The summed E-state index contributed by atoms with van der Waals surface area (Å²) in [5.74, 6) is -0.281. The lowest BCUT2D eigenvalue weighted by Gasteiger charge is -2.09. The number of anilines is 3. The molecular weight excluding hydrogens is 302 g/mol. The van der Waals surface area contributed by atoms with Gasteiger partial charge < -0.3 is 16.0 Å². The number of rotatable bonds is 5. The molecule has 0 aliphatic heterocycles. The highest BCUT2D eigenvalue weighted by molar-refractivity contribution is 6.30. The predicted molar refractivity (Wildman–Crippen MR) is 89.3 cm³/mol. The highest BCUT2D eigenvalue weighted by Crippen LogP contribution is 2.14. The number of halogens is 1. The predicted octanol–water partition coefficient (Wildman–Crippen LogP) is 3.35. The Morgan fingerprint density at radius 3 is 1.95 bits per heavy atom. The molecule has 2 amide bonds. The van der Waals surface area contributed by atoms with Gasteiger partial charge in [0.15, 0.2) is 0 Å². The van der Waals surface area contributed by atoms with Crippen molar-refractivity contribution >= 4 is 40.5 Å². The maximum atomic E-state index is 11.8. The molecule has 3 N–H and O–H groups in total. The van der Waals surface area contributed by atoms with Gasteiger partial charge in [0, 0.05) is 29.0 Å². The monoisotopic (exact) mass is 317 g/mol. The second-order valence-electron chi connectivity index (χ2n) is 4.67. The van der Waals surface area contributed by atoms with Crippen LogP contribution in [0.1, 0.15) is 6.92 Å². The maximum absolute atomic E-state index is 11.8. The summed E-state index contributed by atoms with van der Waals surface area (Å²) in [6, 6.07) is 14.0. The van der Waals surface area contributed by atoms with E-state index in [9.17, 15) is 9.59 Å². The van der Waals surface area contributed by atoms with Crippen molar-refractivity contribution in [1.29, 1.82) is 0 Å². The minimum Gasteiger partial charge on any atom is -0.376 e. The number of hydrogen-bond acceptors (Lipinski definition) is 3. The van der Waals surface area contributed by atoms with E-state index in [1.807, 2.05) is 0 Å². The number of nitrogens with one attached hydrogen (secondary N) is 3. The maximum Gasteiger partial charge on any atom is 0.243 e. The Labute approximate surface area is 133 Å². The Kier molecular flexibility index (Phi) is 5.38. The lowest BCUT2D eigenvalue weighted by atomic mass is 10.2. The van der Waals surface area contributed by atoms with Crippen molar-refractivity contribution in [2.75, 3.05) is 22.5 Å². The Bertz CT molecular complexity index is 654. The number of hydrogen-bond donors (Lipinski definition) is 3. The summed E-state index contributed by atoms with van der Waals surface area (Å²) in [7, 11) is 0. The van der Waals surface area contributed by atoms with Crippen molar-refractivity contribution < 1.29 is 9.59 Å². The molecular formula is C16H16ClN3O2. The second kappa shape index (κ2) is 7.47. The average molecular weight is 318 g/mol. The summed E-state index contributed by atoms with van der Waals surface area (Å²) in [6.07, 6.45) is 0. The van der Waals surface area contributed by atoms with Crippen LogP contribution in [-0.2, 0) is 9.59 Å². The molecule has 0 radical (unpaired) electrons. The van der Waals surface area contributed by atoms with Crippen LogP contribution in [0.2, 0.25) is 5.02 Å². The Balaban J connectivity index is 1.83. The van der Waals surface area contributed by atoms with Crippen LogP contribution in [0.15, 0.2) is 48.5 Å². The van der Waals surface area contributed by atoms with Crippen LogP contribution in [0.5, 0.6) is 0 Å². The fraction of sp³-hybridized carbons (Fsp3) is 0.125. The highest BCUT2D eigenvalue weighted by atomic mass is 35.5. The summed E-state index contributed by atoms with van der Waals surface area (Å²) in [5, 5.41) is 9.06. The number of amides is 2. The molecule has 0 atom stereocenters. The zero-order chi connectivity index (χ0) is 15.9.